The molecule has 0 radical (unpaired) electrons. The summed E-state index contributed by atoms with van der Waals surface area (Å²) < 4.78 is 0. The summed E-state index contributed by atoms with van der Waals surface area (Å²) in [7, 11) is 0. The molecule has 94 valence electrons. The number of nitrogens with zero attached hydrogens (tertiary/aromatic N) is 1. The van der Waals surface area contributed by atoms with Crippen molar-refractivity contribution < 1.29 is 4.79 Å². The maximum absolute atomic E-state index is 12.0. The number of hydrogen-bond acceptors (Lipinski definition) is 3. The molecule has 1 aromatic rings. The van der Waals surface area contributed by atoms with Crippen LogP contribution in [0.3, 0.4) is 0 Å². The van der Waals surface area contributed by atoms with Crippen molar-refractivity contribution >= 4 is 5.91 Å². The molecule has 1 heterocycles. The molecule has 0 aliphatic carbocycles. The Hall–Kier alpha value is -1.86. The average molecular weight is 243 g/mol. The minimum absolute atomic E-state index is 0.0496. The first kappa shape index (κ1) is 12.6. The highest BCUT2D eigenvalue weighted by molar-refractivity contribution is 5.94. The second kappa shape index (κ2) is 6.18. The Morgan fingerprint density at radius 1 is 1.28 bits per heavy atom. The second-order valence-corrected chi connectivity index (χ2v) is 4.54. The summed E-state index contributed by atoms with van der Waals surface area (Å²) in [5.41, 5.74) is 1.19. The number of benzene rings is 1. The van der Waals surface area contributed by atoms with Gasteiger partial charge in [-0.3, -0.25) is 4.79 Å². The van der Waals surface area contributed by atoms with Crippen LogP contribution in [-0.4, -0.2) is 25.0 Å². The maximum Gasteiger partial charge on any atom is 0.251 e. The quantitative estimate of drug-likeness (QED) is 0.826. The van der Waals surface area contributed by atoms with Gasteiger partial charge in [-0.05, 0) is 56.6 Å². The van der Waals surface area contributed by atoms with Crippen molar-refractivity contribution in [3.8, 4) is 6.07 Å². The third-order valence-corrected chi connectivity index (χ3v) is 3.19. The fraction of sp³-hybridized carbons (Fsp3) is 0.429. The van der Waals surface area contributed by atoms with Gasteiger partial charge in [0, 0.05) is 11.6 Å². The molecule has 2 N–H and O–H groups in total. The zero-order valence-corrected chi connectivity index (χ0v) is 10.3. The van der Waals surface area contributed by atoms with E-state index >= 15 is 0 Å². The zero-order chi connectivity index (χ0) is 12.8. The summed E-state index contributed by atoms with van der Waals surface area (Å²) in [6, 6.07) is 9.03. The maximum atomic E-state index is 12.0. The molecule has 1 amide bonds. The van der Waals surface area contributed by atoms with Gasteiger partial charge in [-0.15, -0.1) is 0 Å². The lowest BCUT2D eigenvalue weighted by molar-refractivity contribution is 0.0934. The molecule has 4 heteroatoms. The largest absolute Gasteiger partial charge is 0.349 e. The predicted octanol–water partition coefficient (Wildman–Crippen LogP) is 1.43. The third-order valence-electron chi connectivity index (χ3n) is 3.19. The minimum atomic E-state index is -0.0496. The Morgan fingerprint density at radius 2 is 2.06 bits per heavy atom. The molecule has 0 aromatic heterocycles. The van der Waals surface area contributed by atoms with Gasteiger partial charge in [-0.1, -0.05) is 0 Å². The third kappa shape index (κ3) is 3.31. The normalized spacial score (nSPS) is 19.6. The number of amides is 1. The Bertz CT molecular complexity index is 439. The van der Waals surface area contributed by atoms with Crippen molar-refractivity contribution in [1.82, 2.24) is 10.6 Å². The van der Waals surface area contributed by atoms with E-state index in [2.05, 4.69) is 10.6 Å². The summed E-state index contributed by atoms with van der Waals surface area (Å²) in [5.74, 6) is -0.0496. The van der Waals surface area contributed by atoms with Crippen molar-refractivity contribution in [2.24, 2.45) is 0 Å². The van der Waals surface area contributed by atoms with E-state index in [1.807, 2.05) is 6.07 Å². The van der Waals surface area contributed by atoms with E-state index in [-0.39, 0.29) is 11.9 Å². The van der Waals surface area contributed by atoms with Crippen LogP contribution >= 0.6 is 0 Å². The molecular formula is C14H17N3O. The van der Waals surface area contributed by atoms with Crippen LogP contribution in [0.15, 0.2) is 24.3 Å². The van der Waals surface area contributed by atoms with Gasteiger partial charge in [0.2, 0.25) is 0 Å². The summed E-state index contributed by atoms with van der Waals surface area (Å²) in [6.07, 6.45) is 3.09. The van der Waals surface area contributed by atoms with Crippen LogP contribution in [0.25, 0.3) is 0 Å². The van der Waals surface area contributed by atoms with Gasteiger partial charge >= 0.3 is 0 Å². The van der Waals surface area contributed by atoms with Crippen molar-refractivity contribution in [1.29, 1.82) is 5.26 Å². The Morgan fingerprint density at radius 3 is 2.78 bits per heavy atom. The van der Waals surface area contributed by atoms with E-state index in [1.54, 1.807) is 24.3 Å². The molecular weight excluding hydrogens is 226 g/mol. The summed E-state index contributed by atoms with van der Waals surface area (Å²) in [6.45, 7) is 1.99. The van der Waals surface area contributed by atoms with E-state index in [4.69, 9.17) is 5.26 Å². The molecule has 18 heavy (non-hydrogen) atoms. The number of nitrogens with one attached hydrogen (secondary N) is 2. The Labute approximate surface area is 107 Å². The highest BCUT2D eigenvalue weighted by Crippen LogP contribution is 2.08. The lowest BCUT2D eigenvalue weighted by Crippen LogP contribution is -2.35. The summed E-state index contributed by atoms with van der Waals surface area (Å²) in [4.78, 5) is 12.0. The van der Waals surface area contributed by atoms with Crippen LogP contribution < -0.4 is 10.6 Å². The molecule has 1 aromatic carbocycles. The monoisotopic (exact) mass is 243 g/mol. The number of carbonyl (C=O) groups excluding carboxylic acids is 1. The number of nitriles is 1. The standard InChI is InChI=1S/C14H17N3O/c15-10-11-3-5-12(6-4-11)14(18)17-13-2-1-8-16-9-7-13/h3-6,13,16H,1-2,7-9H2,(H,17,18). The van der Waals surface area contributed by atoms with E-state index in [1.165, 1.54) is 0 Å². The van der Waals surface area contributed by atoms with Crippen LogP contribution in [0.5, 0.6) is 0 Å². The predicted molar refractivity (Wildman–Crippen MR) is 69.1 cm³/mol. The molecule has 1 fully saturated rings. The molecule has 1 aliphatic rings. The molecule has 1 aliphatic heterocycles. The van der Waals surface area contributed by atoms with Crippen LogP contribution in [0.1, 0.15) is 35.2 Å². The molecule has 0 bridgehead atoms. The van der Waals surface area contributed by atoms with Gasteiger partial charge < -0.3 is 10.6 Å². The first-order valence-electron chi connectivity index (χ1n) is 6.31. The number of rotatable bonds is 2. The van der Waals surface area contributed by atoms with Crippen LogP contribution in [-0.2, 0) is 0 Å². The van der Waals surface area contributed by atoms with Gasteiger partial charge in [0.05, 0.1) is 11.6 Å². The first-order valence-corrected chi connectivity index (χ1v) is 6.31. The molecule has 1 saturated heterocycles. The molecule has 2 rings (SSSR count). The Kier molecular flexibility index (Phi) is 4.32. The van der Waals surface area contributed by atoms with Crippen molar-refractivity contribution in [3.05, 3.63) is 35.4 Å². The molecule has 1 atom stereocenters. The number of carbonyl (C=O) groups is 1. The van der Waals surface area contributed by atoms with Gasteiger partial charge in [0.15, 0.2) is 0 Å². The zero-order valence-electron chi connectivity index (χ0n) is 10.3. The highest BCUT2D eigenvalue weighted by Gasteiger charge is 2.15. The van der Waals surface area contributed by atoms with Gasteiger partial charge in [-0.25, -0.2) is 0 Å². The molecule has 0 saturated carbocycles. The fourth-order valence-electron chi connectivity index (χ4n) is 2.13. The van der Waals surface area contributed by atoms with Crippen LogP contribution in [0.4, 0.5) is 0 Å². The van der Waals surface area contributed by atoms with E-state index < -0.39 is 0 Å². The van der Waals surface area contributed by atoms with Crippen molar-refractivity contribution in [3.63, 3.8) is 0 Å². The molecule has 1 unspecified atom stereocenters. The molecule has 4 nitrogen and oxygen atoms in total. The first-order chi connectivity index (χ1) is 8.79. The van der Waals surface area contributed by atoms with Crippen LogP contribution in [0.2, 0.25) is 0 Å². The average Bonchev–Trinajstić information content (AvgIpc) is 2.67. The second-order valence-electron chi connectivity index (χ2n) is 4.54. The highest BCUT2D eigenvalue weighted by atomic mass is 16.1. The van der Waals surface area contributed by atoms with Crippen LogP contribution in [0, 0.1) is 11.3 Å². The van der Waals surface area contributed by atoms with E-state index in [9.17, 15) is 4.79 Å². The van der Waals surface area contributed by atoms with Gasteiger partial charge in [0.25, 0.3) is 5.91 Å². The lowest BCUT2D eigenvalue weighted by Gasteiger charge is -2.15. The van der Waals surface area contributed by atoms with Gasteiger partial charge in [0.1, 0.15) is 0 Å². The SMILES string of the molecule is N#Cc1ccc(C(=O)NC2CCCNCC2)cc1. The lowest BCUT2D eigenvalue weighted by atomic mass is 10.1. The van der Waals surface area contributed by atoms with Gasteiger partial charge in [-0.2, -0.15) is 5.26 Å². The van der Waals surface area contributed by atoms with Crippen molar-refractivity contribution in [2.45, 2.75) is 25.3 Å². The fourth-order valence-corrected chi connectivity index (χ4v) is 2.13. The smallest absolute Gasteiger partial charge is 0.251 e. The Balaban J connectivity index is 1.95. The van der Waals surface area contributed by atoms with Crippen molar-refractivity contribution in [2.75, 3.05) is 13.1 Å². The molecule has 0 spiro atoms. The summed E-state index contributed by atoms with van der Waals surface area (Å²) >= 11 is 0. The van der Waals surface area contributed by atoms with E-state index in [0.717, 1.165) is 32.4 Å². The summed E-state index contributed by atoms with van der Waals surface area (Å²) in [5, 5.41) is 15.1. The topological polar surface area (TPSA) is 64.9 Å². The minimum Gasteiger partial charge on any atom is -0.349 e. The van der Waals surface area contributed by atoms with E-state index in [0.29, 0.717) is 11.1 Å². The number of hydrogen-bond donors (Lipinski definition) is 2.